The summed E-state index contributed by atoms with van der Waals surface area (Å²) in [7, 11) is 2.81. The number of hydrogen-bond donors (Lipinski definition) is 1. The van der Waals surface area contributed by atoms with E-state index in [1.165, 1.54) is 26.3 Å². The number of benzene rings is 1. The molecule has 0 heterocycles. The molecule has 0 atom stereocenters. The van der Waals surface area contributed by atoms with Crippen LogP contribution in [0.3, 0.4) is 0 Å². The van der Waals surface area contributed by atoms with Crippen molar-refractivity contribution < 1.29 is 17.9 Å². The van der Waals surface area contributed by atoms with Crippen LogP contribution in [0.4, 0.5) is 24.5 Å². The Labute approximate surface area is 91.6 Å². The van der Waals surface area contributed by atoms with Crippen molar-refractivity contribution in [2.75, 3.05) is 31.3 Å². The van der Waals surface area contributed by atoms with Crippen LogP contribution in [0.15, 0.2) is 18.2 Å². The van der Waals surface area contributed by atoms with E-state index in [1.54, 1.807) is 6.07 Å². The van der Waals surface area contributed by atoms with Crippen molar-refractivity contribution >= 4 is 11.4 Å². The van der Waals surface area contributed by atoms with Gasteiger partial charge in [0.25, 0.3) is 0 Å². The van der Waals surface area contributed by atoms with Gasteiger partial charge in [0.05, 0.1) is 18.5 Å². The number of nitrogens with two attached hydrogens (primary N) is 1. The molecular formula is C10H13F3N2O. The molecule has 0 bridgehead atoms. The second-order valence-corrected chi connectivity index (χ2v) is 3.40. The van der Waals surface area contributed by atoms with Crippen LogP contribution in [0, 0.1) is 0 Å². The van der Waals surface area contributed by atoms with Crippen LogP contribution >= 0.6 is 0 Å². The van der Waals surface area contributed by atoms with E-state index in [2.05, 4.69) is 0 Å². The topological polar surface area (TPSA) is 38.5 Å². The molecule has 0 aromatic heterocycles. The molecule has 0 spiro atoms. The molecule has 16 heavy (non-hydrogen) atoms. The Balaban J connectivity index is 2.88. The van der Waals surface area contributed by atoms with Gasteiger partial charge in [0.15, 0.2) is 0 Å². The van der Waals surface area contributed by atoms with Gasteiger partial charge in [-0.3, -0.25) is 0 Å². The van der Waals surface area contributed by atoms with Crippen LogP contribution in [-0.2, 0) is 0 Å². The Morgan fingerprint density at radius 3 is 2.44 bits per heavy atom. The smallest absolute Gasteiger partial charge is 0.405 e. The summed E-state index contributed by atoms with van der Waals surface area (Å²) >= 11 is 0. The fourth-order valence-corrected chi connectivity index (χ4v) is 1.36. The van der Waals surface area contributed by atoms with Crippen molar-refractivity contribution in [3.8, 4) is 5.75 Å². The molecule has 1 aromatic carbocycles. The Kier molecular flexibility index (Phi) is 3.51. The highest BCUT2D eigenvalue weighted by atomic mass is 19.4. The molecule has 0 radical (unpaired) electrons. The van der Waals surface area contributed by atoms with Gasteiger partial charge < -0.3 is 15.4 Å². The van der Waals surface area contributed by atoms with Gasteiger partial charge in [-0.25, -0.2) is 0 Å². The number of anilines is 2. The van der Waals surface area contributed by atoms with Crippen molar-refractivity contribution in [1.82, 2.24) is 0 Å². The second kappa shape index (κ2) is 4.51. The normalized spacial score (nSPS) is 11.3. The lowest BCUT2D eigenvalue weighted by molar-refractivity contribution is -0.119. The number of nitrogen functional groups attached to an aromatic ring is 1. The molecule has 6 heteroatoms. The van der Waals surface area contributed by atoms with Gasteiger partial charge in [0.1, 0.15) is 12.3 Å². The molecule has 0 aliphatic heterocycles. The number of methoxy groups -OCH3 is 1. The predicted octanol–water partition coefficient (Wildman–Crippen LogP) is 2.28. The zero-order valence-electron chi connectivity index (χ0n) is 9.01. The maximum absolute atomic E-state index is 12.2. The van der Waals surface area contributed by atoms with E-state index in [0.717, 1.165) is 4.90 Å². The maximum Gasteiger partial charge on any atom is 0.405 e. The molecule has 0 unspecified atom stereocenters. The molecule has 0 fully saturated rings. The average molecular weight is 234 g/mol. The van der Waals surface area contributed by atoms with Gasteiger partial charge in [0, 0.05) is 13.1 Å². The Morgan fingerprint density at radius 2 is 2.00 bits per heavy atom. The second-order valence-electron chi connectivity index (χ2n) is 3.40. The molecule has 0 saturated carbocycles. The van der Waals surface area contributed by atoms with Crippen molar-refractivity contribution in [1.29, 1.82) is 0 Å². The quantitative estimate of drug-likeness (QED) is 0.815. The first-order chi connectivity index (χ1) is 7.33. The van der Waals surface area contributed by atoms with Crippen LogP contribution in [0.25, 0.3) is 0 Å². The third-order valence-corrected chi connectivity index (χ3v) is 2.06. The molecule has 3 nitrogen and oxygen atoms in total. The molecule has 1 rings (SSSR count). The van der Waals surface area contributed by atoms with Crippen LogP contribution in [0.5, 0.6) is 5.75 Å². The van der Waals surface area contributed by atoms with Gasteiger partial charge in [-0.05, 0) is 12.1 Å². The highest BCUT2D eigenvalue weighted by Crippen LogP contribution is 2.28. The fourth-order valence-electron chi connectivity index (χ4n) is 1.36. The average Bonchev–Trinajstić information content (AvgIpc) is 2.14. The first-order valence-corrected chi connectivity index (χ1v) is 4.55. The zero-order chi connectivity index (χ0) is 12.3. The number of ether oxygens (including phenoxy) is 1. The van der Waals surface area contributed by atoms with Gasteiger partial charge in [0.2, 0.25) is 0 Å². The largest absolute Gasteiger partial charge is 0.497 e. The molecule has 0 amide bonds. The Bertz CT molecular complexity index is 366. The first-order valence-electron chi connectivity index (χ1n) is 4.55. The van der Waals surface area contributed by atoms with Crippen LogP contribution in [0.1, 0.15) is 0 Å². The van der Waals surface area contributed by atoms with Crippen molar-refractivity contribution in [2.45, 2.75) is 6.18 Å². The van der Waals surface area contributed by atoms with Crippen molar-refractivity contribution in [3.05, 3.63) is 18.2 Å². The Morgan fingerprint density at radius 1 is 1.38 bits per heavy atom. The third kappa shape index (κ3) is 3.22. The SMILES string of the molecule is COc1ccc(N(C)CC(F)(F)F)c(N)c1. The molecule has 0 aliphatic carbocycles. The minimum absolute atomic E-state index is 0.256. The van der Waals surface area contributed by atoms with E-state index >= 15 is 0 Å². The summed E-state index contributed by atoms with van der Waals surface area (Å²) in [5.41, 5.74) is 6.21. The molecule has 0 saturated heterocycles. The van der Waals surface area contributed by atoms with E-state index in [-0.39, 0.29) is 5.69 Å². The maximum atomic E-state index is 12.2. The van der Waals surface area contributed by atoms with Gasteiger partial charge in [-0.2, -0.15) is 13.2 Å². The standard InChI is InChI=1S/C10H13F3N2O/c1-15(6-10(11,12)13)9-4-3-7(16-2)5-8(9)14/h3-5H,6,14H2,1-2H3. The minimum Gasteiger partial charge on any atom is -0.497 e. The Hall–Kier alpha value is -1.59. The summed E-state index contributed by atoms with van der Waals surface area (Å²) < 4.78 is 41.4. The molecular weight excluding hydrogens is 221 g/mol. The number of hydrogen-bond acceptors (Lipinski definition) is 3. The summed E-state index contributed by atoms with van der Waals surface area (Å²) in [5, 5.41) is 0. The number of rotatable bonds is 3. The molecule has 0 aliphatic rings. The number of nitrogens with zero attached hydrogens (tertiary/aromatic N) is 1. The number of halogens is 3. The third-order valence-electron chi connectivity index (χ3n) is 2.06. The van der Waals surface area contributed by atoms with Gasteiger partial charge >= 0.3 is 6.18 Å². The van der Waals surface area contributed by atoms with E-state index in [1.807, 2.05) is 0 Å². The lowest BCUT2D eigenvalue weighted by atomic mass is 10.2. The molecule has 1 aromatic rings. The highest BCUT2D eigenvalue weighted by molar-refractivity contribution is 5.69. The summed E-state index contributed by atoms with van der Waals surface area (Å²) in [4.78, 5) is 1.05. The molecule has 2 N–H and O–H groups in total. The lowest BCUT2D eigenvalue weighted by Gasteiger charge is -2.22. The minimum atomic E-state index is -4.25. The van der Waals surface area contributed by atoms with E-state index in [4.69, 9.17) is 10.5 Å². The zero-order valence-corrected chi connectivity index (χ0v) is 9.01. The summed E-state index contributed by atoms with van der Waals surface area (Å²) in [6.45, 7) is -1.04. The van der Waals surface area contributed by atoms with Crippen LogP contribution in [-0.4, -0.2) is 26.9 Å². The van der Waals surface area contributed by atoms with Gasteiger partial charge in [-0.1, -0.05) is 0 Å². The highest BCUT2D eigenvalue weighted by Gasteiger charge is 2.29. The number of alkyl halides is 3. The van der Waals surface area contributed by atoms with E-state index in [0.29, 0.717) is 11.4 Å². The van der Waals surface area contributed by atoms with E-state index < -0.39 is 12.7 Å². The van der Waals surface area contributed by atoms with Crippen LogP contribution < -0.4 is 15.4 Å². The van der Waals surface area contributed by atoms with Crippen molar-refractivity contribution in [3.63, 3.8) is 0 Å². The summed E-state index contributed by atoms with van der Waals surface area (Å²) in [6, 6.07) is 4.56. The fraction of sp³-hybridized carbons (Fsp3) is 0.400. The van der Waals surface area contributed by atoms with Gasteiger partial charge in [-0.15, -0.1) is 0 Å². The van der Waals surface area contributed by atoms with E-state index in [9.17, 15) is 13.2 Å². The predicted molar refractivity (Wildman–Crippen MR) is 56.7 cm³/mol. The van der Waals surface area contributed by atoms with Crippen molar-refractivity contribution in [2.24, 2.45) is 0 Å². The lowest BCUT2D eigenvalue weighted by Crippen LogP contribution is -2.31. The van der Waals surface area contributed by atoms with Crippen LogP contribution in [0.2, 0.25) is 0 Å². The first kappa shape index (κ1) is 12.5. The summed E-state index contributed by atoms with van der Waals surface area (Å²) in [6.07, 6.45) is -4.25. The monoisotopic (exact) mass is 234 g/mol. The molecule has 90 valence electrons. The summed E-state index contributed by atoms with van der Waals surface area (Å²) in [5.74, 6) is 0.515.